The summed E-state index contributed by atoms with van der Waals surface area (Å²) >= 11 is 0. The Morgan fingerprint density at radius 2 is 1.90 bits per heavy atom. The normalized spacial score (nSPS) is 11.3. The average Bonchev–Trinajstić information content (AvgIpc) is 2.68. The zero-order valence-electron chi connectivity index (χ0n) is 18.0. The second-order valence-electron chi connectivity index (χ2n) is 7.39. The number of amides is 1. The van der Waals surface area contributed by atoms with Gasteiger partial charge in [-0.1, -0.05) is 32.0 Å². The van der Waals surface area contributed by atoms with Crippen LogP contribution in [0.15, 0.2) is 47.5 Å². The van der Waals surface area contributed by atoms with Gasteiger partial charge in [0.2, 0.25) is 5.91 Å². The van der Waals surface area contributed by atoms with Crippen molar-refractivity contribution in [3.8, 4) is 5.75 Å². The number of methoxy groups -OCH3 is 1. The molecule has 0 saturated heterocycles. The van der Waals surface area contributed by atoms with Crippen LogP contribution in [0.4, 0.5) is 10.1 Å². The number of hydrogen-bond acceptors (Lipinski definition) is 3. The highest BCUT2D eigenvalue weighted by Gasteiger charge is 2.21. The molecule has 0 atom stereocenters. The minimum absolute atomic E-state index is 0. The summed E-state index contributed by atoms with van der Waals surface area (Å²) in [6.07, 6.45) is 0. The number of nitrogens with zero attached hydrogens (tertiary/aromatic N) is 1. The van der Waals surface area contributed by atoms with E-state index in [2.05, 4.69) is 20.9 Å². The van der Waals surface area contributed by atoms with Crippen molar-refractivity contribution in [1.29, 1.82) is 0 Å². The Morgan fingerprint density at radius 3 is 2.50 bits per heavy atom. The number of benzene rings is 2. The Balaban J connectivity index is 0.00000450. The molecule has 0 spiro atoms. The standard InChI is InChI=1S/C22H29FN4O2.HI/c1-15(28)27-19-11-16(9-10-20(19)29-5)13-25-21(24-4)26-14-22(2,3)17-7-6-8-18(23)12-17;/h6-12H,13-14H2,1-5H3,(H,27,28)(H2,24,25,26);1H. The van der Waals surface area contributed by atoms with Crippen molar-refractivity contribution < 1.29 is 13.9 Å². The maximum Gasteiger partial charge on any atom is 0.221 e. The van der Waals surface area contributed by atoms with Crippen molar-refractivity contribution in [1.82, 2.24) is 10.6 Å². The highest BCUT2D eigenvalue weighted by molar-refractivity contribution is 14.0. The molecule has 8 heteroatoms. The van der Waals surface area contributed by atoms with E-state index in [1.54, 1.807) is 26.3 Å². The molecular weight excluding hydrogens is 498 g/mol. The fraction of sp³-hybridized carbons (Fsp3) is 0.364. The van der Waals surface area contributed by atoms with E-state index in [1.165, 1.54) is 13.0 Å². The third kappa shape index (κ3) is 7.47. The zero-order chi connectivity index (χ0) is 21.4. The van der Waals surface area contributed by atoms with Gasteiger partial charge in [0.05, 0.1) is 12.8 Å². The van der Waals surface area contributed by atoms with Gasteiger partial charge in [-0.3, -0.25) is 9.79 Å². The zero-order valence-corrected chi connectivity index (χ0v) is 20.3. The number of halogens is 2. The summed E-state index contributed by atoms with van der Waals surface area (Å²) in [7, 11) is 3.26. The Kier molecular flexibility index (Phi) is 10.0. The van der Waals surface area contributed by atoms with Crippen molar-refractivity contribution in [2.24, 2.45) is 4.99 Å². The highest BCUT2D eigenvalue weighted by atomic mass is 127. The van der Waals surface area contributed by atoms with Gasteiger partial charge in [0.25, 0.3) is 0 Å². The second kappa shape index (κ2) is 11.7. The molecule has 0 aliphatic heterocycles. The summed E-state index contributed by atoms with van der Waals surface area (Å²) in [6, 6.07) is 12.2. The molecule has 3 N–H and O–H groups in total. The number of ether oxygens (including phenoxy) is 1. The van der Waals surface area contributed by atoms with Gasteiger partial charge in [-0.05, 0) is 35.4 Å². The van der Waals surface area contributed by atoms with Crippen LogP contribution in [0.2, 0.25) is 0 Å². The van der Waals surface area contributed by atoms with Crippen molar-refractivity contribution >= 4 is 41.5 Å². The SMILES string of the molecule is CN=C(NCc1ccc(OC)c(NC(C)=O)c1)NCC(C)(C)c1cccc(F)c1.I. The largest absolute Gasteiger partial charge is 0.495 e. The first kappa shape index (κ1) is 25.7. The molecule has 0 bridgehead atoms. The molecule has 30 heavy (non-hydrogen) atoms. The Bertz CT molecular complexity index is 887. The maximum atomic E-state index is 13.5. The lowest BCUT2D eigenvalue weighted by Crippen LogP contribution is -2.43. The van der Waals surface area contributed by atoms with E-state index in [9.17, 15) is 9.18 Å². The monoisotopic (exact) mass is 528 g/mol. The lowest BCUT2D eigenvalue weighted by molar-refractivity contribution is -0.114. The molecule has 0 unspecified atom stereocenters. The van der Waals surface area contributed by atoms with E-state index in [4.69, 9.17) is 4.74 Å². The molecule has 0 fully saturated rings. The van der Waals surface area contributed by atoms with Crippen LogP contribution in [-0.2, 0) is 16.8 Å². The number of hydrogen-bond donors (Lipinski definition) is 3. The first-order valence-electron chi connectivity index (χ1n) is 9.40. The molecule has 164 valence electrons. The number of anilines is 1. The number of guanidine groups is 1. The number of aliphatic imine (C=N–C) groups is 1. The van der Waals surface area contributed by atoms with Gasteiger partial charge in [-0.2, -0.15) is 0 Å². The molecule has 0 radical (unpaired) electrons. The number of nitrogens with one attached hydrogen (secondary N) is 3. The van der Waals surface area contributed by atoms with Crippen LogP contribution >= 0.6 is 24.0 Å². The first-order chi connectivity index (χ1) is 13.7. The van der Waals surface area contributed by atoms with Gasteiger partial charge in [-0.25, -0.2) is 4.39 Å². The second-order valence-corrected chi connectivity index (χ2v) is 7.39. The Hall–Kier alpha value is -2.36. The predicted molar refractivity (Wildman–Crippen MR) is 130 cm³/mol. The van der Waals surface area contributed by atoms with Crippen molar-refractivity contribution in [2.45, 2.75) is 32.7 Å². The molecule has 2 rings (SSSR count). The van der Waals surface area contributed by atoms with Crippen LogP contribution in [0.5, 0.6) is 5.75 Å². The minimum Gasteiger partial charge on any atom is -0.495 e. The fourth-order valence-corrected chi connectivity index (χ4v) is 2.88. The maximum absolute atomic E-state index is 13.5. The minimum atomic E-state index is -0.279. The van der Waals surface area contributed by atoms with Gasteiger partial charge in [0, 0.05) is 32.5 Å². The molecule has 1 amide bonds. The van der Waals surface area contributed by atoms with Crippen LogP contribution < -0.4 is 20.7 Å². The third-order valence-electron chi connectivity index (χ3n) is 4.56. The first-order valence-corrected chi connectivity index (χ1v) is 9.40. The Morgan fingerprint density at radius 1 is 1.17 bits per heavy atom. The summed E-state index contributed by atoms with van der Waals surface area (Å²) in [5.74, 6) is 0.827. The highest BCUT2D eigenvalue weighted by Crippen LogP contribution is 2.25. The topological polar surface area (TPSA) is 74.8 Å². The molecule has 0 aromatic heterocycles. The summed E-state index contributed by atoms with van der Waals surface area (Å²) in [5, 5.41) is 9.31. The predicted octanol–water partition coefficient (Wildman–Crippen LogP) is 4.05. The lowest BCUT2D eigenvalue weighted by Gasteiger charge is -2.27. The van der Waals surface area contributed by atoms with Gasteiger partial charge >= 0.3 is 0 Å². The van der Waals surface area contributed by atoms with Crippen molar-refractivity contribution in [2.75, 3.05) is 26.0 Å². The van der Waals surface area contributed by atoms with E-state index in [0.717, 1.165) is 11.1 Å². The van der Waals surface area contributed by atoms with Crippen LogP contribution in [-0.4, -0.2) is 32.6 Å². The van der Waals surface area contributed by atoms with E-state index >= 15 is 0 Å². The number of carbonyl (C=O) groups excluding carboxylic acids is 1. The van der Waals surface area contributed by atoms with Crippen LogP contribution in [0.25, 0.3) is 0 Å². The molecule has 0 heterocycles. The molecule has 2 aromatic carbocycles. The third-order valence-corrected chi connectivity index (χ3v) is 4.56. The van der Waals surface area contributed by atoms with Crippen LogP contribution in [0.3, 0.4) is 0 Å². The van der Waals surface area contributed by atoms with Crippen LogP contribution in [0.1, 0.15) is 31.9 Å². The van der Waals surface area contributed by atoms with Crippen molar-refractivity contribution in [3.63, 3.8) is 0 Å². The van der Waals surface area contributed by atoms with Crippen molar-refractivity contribution in [3.05, 3.63) is 59.4 Å². The van der Waals surface area contributed by atoms with E-state index in [-0.39, 0.29) is 41.1 Å². The van der Waals surface area contributed by atoms with E-state index in [0.29, 0.717) is 30.5 Å². The molecule has 0 aliphatic carbocycles. The van der Waals surface area contributed by atoms with E-state index in [1.807, 2.05) is 38.1 Å². The lowest BCUT2D eigenvalue weighted by atomic mass is 9.84. The quantitative estimate of drug-likeness (QED) is 0.288. The van der Waals surface area contributed by atoms with Gasteiger partial charge < -0.3 is 20.7 Å². The van der Waals surface area contributed by atoms with Gasteiger partial charge in [0.15, 0.2) is 5.96 Å². The smallest absolute Gasteiger partial charge is 0.221 e. The molecule has 2 aromatic rings. The van der Waals surface area contributed by atoms with Gasteiger partial charge in [0.1, 0.15) is 11.6 Å². The molecule has 0 saturated carbocycles. The summed E-state index contributed by atoms with van der Waals surface area (Å²) in [5.41, 5.74) is 2.21. The Labute approximate surface area is 194 Å². The average molecular weight is 528 g/mol. The summed E-state index contributed by atoms with van der Waals surface area (Å²) < 4.78 is 18.8. The van der Waals surface area contributed by atoms with E-state index < -0.39 is 0 Å². The van der Waals surface area contributed by atoms with Crippen LogP contribution in [0, 0.1) is 5.82 Å². The number of carbonyl (C=O) groups is 1. The summed E-state index contributed by atoms with van der Waals surface area (Å²) in [6.45, 7) is 6.64. The number of rotatable bonds is 7. The molecule has 0 aliphatic rings. The summed E-state index contributed by atoms with van der Waals surface area (Å²) in [4.78, 5) is 15.6. The van der Waals surface area contributed by atoms with Gasteiger partial charge in [-0.15, -0.1) is 24.0 Å². The molecular formula is C22H30FIN4O2. The molecule has 6 nitrogen and oxygen atoms in total. The fourth-order valence-electron chi connectivity index (χ4n) is 2.88.